The number of thiophene rings is 1. The molecule has 6 nitrogen and oxygen atoms in total. The molecule has 1 aromatic rings. The predicted octanol–water partition coefficient (Wildman–Crippen LogP) is 0.630. The van der Waals surface area contributed by atoms with Crippen LogP contribution in [0.15, 0.2) is 17.5 Å². The maximum absolute atomic E-state index is 11.1. The highest BCUT2D eigenvalue weighted by molar-refractivity contribution is 7.99. The summed E-state index contributed by atoms with van der Waals surface area (Å²) in [6.07, 6.45) is 0. The molecule has 2 amide bonds. The molecule has 0 atom stereocenters. The minimum absolute atomic E-state index is 0.132. The topological polar surface area (TPSA) is 92.5 Å². The van der Waals surface area contributed by atoms with Crippen molar-refractivity contribution in [1.82, 2.24) is 3.71 Å². The largest absolute Gasteiger partial charge is 0.347 e. The van der Waals surface area contributed by atoms with E-state index < -0.39 is 16.2 Å². The molecule has 0 saturated carbocycles. The van der Waals surface area contributed by atoms with Crippen molar-refractivity contribution in [2.45, 2.75) is 0 Å². The van der Waals surface area contributed by atoms with Gasteiger partial charge in [0.2, 0.25) is 0 Å². The molecule has 1 rings (SSSR count). The fraction of sp³-hybridized carbons (Fsp3) is 0. The number of carbonyl (C=O) groups is 1. The first-order chi connectivity index (χ1) is 6.41. The highest BCUT2D eigenvalue weighted by Gasteiger charge is 2.20. The van der Waals surface area contributed by atoms with E-state index in [1.165, 1.54) is 11.3 Å². The number of nitrogens with zero attached hydrogens (tertiary/aromatic N) is 1. The normalized spacial score (nSPS) is 11.0. The number of hydrogen-bond donors (Lipinski definition) is 3. The van der Waals surface area contributed by atoms with Gasteiger partial charge in [0.25, 0.3) is 0 Å². The molecule has 0 bridgehead atoms. The summed E-state index contributed by atoms with van der Waals surface area (Å²) in [5.41, 5.74) is 0. The maximum atomic E-state index is 11.1. The number of nitrogens with one attached hydrogen (secondary N) is 1. The molecule has 0 aliphatic carbocycles. The second kappa shape index (κ2) is 4.17. The minimum atomic E-state index is -4.12. The van der Waals surface area contributed by atoms with Gasteiger partial charge in [0.1, 0.15) is 0 Å². The Labute approximate surface area is 90.4 Å². The van der Waals surface area contributed by atoms with Crippen molar-refractivity contribution in [2.75, 3.05) is 5.32 Å². The van der Waals surface area contributed by atoms with E-state index in [1.54, 1.807) is 17.5 Å². The number of rotatable bonds is 2. The molecule has 0 fully saturated rings. The van der Waals surface area contributed by atoms with E-state index in [2.05, 4.69) is 23.3 Å². The third kappa shape index (κ3) is 2.87. The van der Waals surface area contributed by atoms with E-state index in [0.29, 0.717) is 5.00 Å². The van der Waals surface area contributed by atoms with E-state index >= 15 is 0 Å². The second-order valence-corrected chi connectivity index (χ2v) is 5.21. The van der Waals surface area contributed by atoms with Crippen LogP contribution in [0, 0.1) is 0 Å². The van der Waals surface area contributed by atoms with Crippen LogP contribution in [-0.2, 0) is 10.2 Å². The Morgan fingerprint density at radius 3 is 2.71 bits per heavy atom. The number of amides is 2. The van der Waals surface area contributed by atoms with Gasteiger partial charge in [0.15, 0.2) is 0 Å². The van der Waals surface area contributed by atoms with Crippen LogP contribution in [0.1, 0.15) is 0 Å². The Bertz CT molecular complexity index is 413. The van der Waals surface area contributed by atoms with Gasteiger partial charge in [-0.1, -0.05) is 0 Å². The summed E-state index contributed by atoms with van der Waals surface area (Å²) >= 11 is 4.68. The first kappa shape index (κ1) is 11.3. The van der Waals surface area contributed by atoms with Crippen LogP contribution in [0.5, 0.6) is 0 Å². The number of urea groups is 1. The quantitative estimate of drug-likeness (QED) is 0.675. The Morgan fingerprint density at radius 1 is 1.64 bits per heavy atom. The van der Waals surface area contributed by atoms with Gasteiger partial charge in [0, 0.05) is 0 Å². The van der Waals surface area contributed by atoms with Crippen molar-refractivity contribution in [3.63, 3.8) is 0 Å². The van der Waals surface area contributed by atoms with Crippen LogP contribution in [0.3, 0.4) is 0 Å². The van der Waals surface area contributed by atoms with Gasteiger partial charge in [-0.3, -0.25) is 5.32 Å². The van der Waals surface area contributed by atoms with E-state index in [0.717, 1.165) is 0 Å². The van der Waals surface area contributed by atoms with E-state index in [4.69, 9.17) is 0 Å². The molecule has 0 unspecified atom stereocenters. The van der Waals surface area contributed by atoms with E-state index in [9.17, 15) is 13.2 Å². The van der Waals surface area contributed by atoms with Gasteiger partial charge in [0.05, 0.1) is 5.00 Å². The third-order valence-electron chi connectivity index (χ3n) is 1.17. The lowest BCUT2D eigenvalue weighted by Crippen LogP contribution is -2.36. The van der Waals surface area contributed by atoms with E-state index in [1.807, 2.05) is 0 Å². The second-order valence-electron chi connectivity index (χ2n) is 2.20. The van der Waals surface area contributed by atoms with Crippen LogP contribution >= 0.6 is 24.2 Å². The Balaban J connectivity index is 2.69. The molecule has 3 N–H and O–H groups in total. The molecule has 0 spiro atoms. The molecular weight excluding hydrogens is 246 g/mol. The number of hydrogen-bond acceptors (Lipinski definition) is 5. The maximum Gasteiger partial charge on any atom is 0.347 e. The van der Waals surface area contributed by atoms with Gasteiger partial charge in [-0.05, 0) is 30.3 Å². The van der Waals surface area contributed by atoms with Crippen molar-refractivity contribution in [1.29, 1.82) is 0 Å². The fourth-order valence-corrected chi connectivity index (χ4v) is 1.55. The Kier molecular flexibility index (Phi) is 3.37. The van der Waals surface area contributed by atoms with Crippen LogP contribution < -0.4 is 10.5 Å². The molecular formula is C5H7N3O3S3. The Hall–Kier alpha value is -0.770. The lowest BCUT2D eigenvalue weighted by atomic mass is 10.6. The number of nitrogens with two attached hydrogens (primary N) is 1. The zero-order valence-electron chi connectivity index (χ0n) is 6.75. The van der Waals surface area contributed by atoms with E-state index in [-0.39, 0.29) is 3.71 Å². The summed E-state index contributed by atoms with van der Waals surface area (Å²) in [5, 5.41) is 9.21. The minimum Gasteiger partial charge on any atom is -0.298 e. The fourth-order valence-electron chi connectivity index (χ4n) is 0.618. The summed E-state index contributed by atoms with van der Waals surface area (Å²) in [6, 6.07) is 2.41. The highest BCUT2D eigenvalue weighted by atomic mass is 32.3. The summed E-state index contributed by atoms with van der Waals surface area (Å²) in [4.78, 5) is 11.1. The first-order valence-corrected chi connectivity index (χ1v) is 6.06. The van der Waals surface area contributed by atoms with Crippen molar-refractivity contribution in [3.8, 4) is 0 Å². The third-order valence-corrected chi connectivity index (χ3v) is 3.46. The molecule has 14 heavy (non-hydrogen) atoms. The summed E-state index contributed by atoms with van der Waals surface area (Å²) in [5.74, 6) is 0. The summed E-state index contributed by atoms with van der Waals surface area (Å²) in [7, 11) is -4.12. The average molecular weight is 253 g/mol. The molecule has 0 aliphatic rings. The van der Waals surface area contributed by atoms with Crippen LogP contribution in [-0.4, -0.2) is 18.2 Å². The van der Waals surface area contributed by atoms with Gasteiger partial charge in [-0.15, -0.1) is 11.3 Å². The van der Waals surface area contributed by atoms with Crippen molar-refractivity contribution < 1.29 is 13.2 Å². The van der Waals surface area contributed by atoms with Crippen molar-refractivity contribution in [3.05, 3.63) is 17.5 Å². The monoisotopic (exact) mass is 253 g/mol. The van der Waals surface area contributed by atoms with Gasteiger partial charge in [-0.2, -0.15) is 12.1 Å². The zero-order chi connectivity index (χ0) is 10.8. The van der Waals surface area contributed by atoms with Gasteiger partial charge >= 0.3 is 16.2 Å². The van der Waals surface area contributed by atoms with Crippen molar-refractivity contribution >= 4 is 45.4 Å². The lowest BCUT2D eigenvalue weighted by Gasteiger charge is -2.11. The SMILES string of the molecule is NS(=O)(=O)N(S)C(=O)Nc1cccs1. The average Bonchev–Trinajstić information content (AvgIpc) is 2.53. The molecule has 0 radical (unpaired) electrons. The highest BCUT2D eigenvalue weighted by Crippen LogP contribution is 2.16. The lowest BCUT2D eigenvalue weighted by molar-refractivity contribution is 0.249. The van der Waals surface area contributed by atoms with Gasteiger partial charge < -0.3 is 0 Å². The van der Waals surface area contributed by atoms with Crippen molar-refractivity contribution in [2.24, 2.45) is 5.14 Å². The number of thiol groups is 1. The van der Waals surface area contributed by atoms with Crippen LogP contribution in [0.2, 0.25) is 0 Å². The Morgan fingerprint density at radius 2 is 2.29 bits per heavy atom. The summed E-state index contributed by atoms with van der Waals surface area (Å²) in [6.45, 7) is 0. The van der Waals surface area contributed by atoms with Gasteiger partial charge in [-0.25, -0.2) is 9.93 Å². The molecule has 78 valence electrons. The molecule has 1 aromatic heterocycles. The molecule has 0 saturated heterocycles. The predicted molar refractivity (Wildman–Crippen MR) is 57.3 cm³/mol. The molecule has 1 heterocycles. The molecule has 0 aliphatic heterocycles. The first-order valence-electron chi connectivity index (χ1n) is 3.27. The molecule has 9 heteroatoms. The molecule has 0 aromatic carbocycles. The zero-order valence-corrected chi connectivity index (χ0v) is 9.27. The number of carbonyl (C=O) groups excluding carboxylic acids is 1. The standard InChI is InChI=1S/C5H7N3O3S3/c6-14(10,11)8(12)5(9)7-4-2-1-3-13-4/h1-3,12H,(H,7,9)(H2,6,10,11). The smallest absolute Gasteiger partial charge is 0.298 e. The summed E-state index contributed by atoms with van der Waals surface area (Å²) < 4.78 is 21.5. The van der Waals surface area contributed by atoms with Crippen LogP contribution in [0.4, 0.5) is 9.80 Å². The van der Waals surface area contributed by atoms with Crippen LogP contribution in [0.25, 0.3) is 0 Å². The number of anilines is 1.